The number of benzene rings is 1. The summed E-state index contributed by atoms with van der Waals surface area (Å²) in [5, 5.41) is 18.4. The van der Waals surface area contributed by atoms with E-state index in [9.17, 15) is 5.11 Å². The SMILES string of the molecule is Cc1cc(N(C)CC2CC(O)C2)ccc1CO. The maximum atomic E-state index is 9.27. The van der Waals surface area contributed by atoms with Crippen LogP contribution in [0.5, 0.6) is 0 Å². The molecule has 1 saturated carbocycles. The largest absolute Gasteiger partial charge is 0.393 e. The molecular formula is C14H21NO2. The maximum Gasteiger partial charge on any atom is 0.0684 e. The lowest BCUT2D eigenvalue weighted by molar-refractivity contribution is 0.0465. The Kier molecular flexibility index (Phi) is 3.69. The van der Waals surface area contributed by atoms with Gasteiger partial charge in [0.2, 0.25) is 0 Å². The predicted molar refractivity (Wildman–Crippen MR) is 69.1 cm³/mol. The summed E-state index contributed by atoms with van der Waals surface area (Å²) in [7, 11) is 2.08. The van der Waals surface area contributed by atoms with Gasteiger partial charge in [0.15, 0.2) is 0 Å². The third kappa shape index (κ3) is 2.79. The molecule has 0 spiro atoms. The third-order valence-electron chi connectivity index (χ3n) is 3.68. The van der Waals surface area contributed by atoms with Crippen molar-refractivity contribution in [3.63, 3.8) is 0 Å². The Morgan fingerprint density at radius 2 is 2.06 bits per heavy atom. The second-order valence-electron chi connectivity index (χ2n) is 5.14. The predicted octanol–water partition coefficient (Wildman–Crippen LogP) is 1.69. The van der Waals surface area contributed by atoms with Crippen LogP contribution in [0.1, 0.15) is 24.0 Å². The van der Waals surface area contributed by atoms with Gasteiger partial charge in [-0.05, 0) is 48.9 Å². The molecule has 2 rings (SSSR count). The fourth-order valence-electron chi connectivity index (χ4n) is 2.44. The summed E-state index contributed by atoms with van der Waals surface area (Å²) in [6.07, 6.45) is 1.78. The van der Waals surface area contributed by atoms with Gasteiger partial charge >= 0.3 is 0 Å². The second-order valence-corrected chi connectivity index (χ2v) is 5.14. The quantitative estimate of drug-likeness (QED) is 0.834. The summed E-state index contributed by atoms with van der Waals surface area (Å²) in [5.74, 6) is 0.618. The zero-order valence-corrected chi connectivity index (χ0v) is 10.6. The Balaban J connectivity index is 1.99. The lowest BCUT2D eigenvalue weighted by Crippen LogP contribution is -2.37. The standard InChI is InChI=1S/C14H21NO2/c1-10-5-13(4-3-12(10)9-16)15(2)8-11-6-14(17)7-11/h3-5,11,14,16-17H,6-9H2,1-2H3. The maximum absolute atomic E-state index is 9.27. The van der Waals surface area contributed by atoms with Crippen molar-refractivity contribution in [3.05, 3.63) is 29.3 Å². The first kappa shape index (κ1) is 12.4. The van der Waals surface area contributed by atoms with Crippen molar-refractivity contribution in [3.8, 4) is 0 Å². The highest BCUT2D eigenvalue weighted by Gasteiger charge is 2.27. The van der Waals surface area contributed by atoms with E-state index in [2.05, 4.69) is 18.0 Å². The van der Waals surface area contributed by atoms with E-state index in [0.717, 1.165) is 30.5 Å². The van der Waals surface area contributed by atoms with Crippen LogP contribution in [0, 0.1) is 12.8 Å². The molecule has 2 N–H and O–H groups in total. The number of nitrogens with zero attached hydrogens (tertiary/aromatic N) is 1. The molecule has 3 nitrogen and oxygen atoms in total. The zero-order chi connectivity index (χ0) is 12.4. The number of aryl methyl sites for hydroxylation is 1. The van der Waals surface area contributed by atoms with Crippen molar-refractivity contribution in [2.24, 2.45) is 5.92 Å². The van der Waals surface area contributed by atoms with E-state index in [1.54, 1.807) is 0 Å². The monoisotopic (exact) mass is 235 g/mol. The Hall–Kier alpha value is -1.06. The number of rotatable bonds is 4. The lowest BCUT2D eigenvalue weighted by atomic mass is 9.82. The van der Waals surface area contributed by atoms with Crippen LogP contribution in [-0.2, 0) is 6.61 Å². The fraction of sp³-hybridized carbons (Fsp3) is 0.571. The van der Waals surface area contributed by atoms with Crippen LogP contribution in [0.2, 0.25) is 0 Å². The molecule has 1 aromatic rings. The van der Waals surface area contributed by atoms with Crippen LogP contribution in [0.15, 0.2) is 18.2 Å². The van der Waals surface area contributed by atoms with Crippen LogP contribution in [-0.4, -0.2) is 29.9 Å². The van der Waals surface area contributed by atoms with Crippen molar-refractivity contribution in [2.75, 3.05) is 18.5 Å². The van der Waals surface area contributed by atoms with Gasteiger partial charge < -0.3 is 15.1 Å². The van der Waals surface area contributed by atoms with Crippen LogP contribution < -0.4 is 4.90 Å². The second kappa shape index (κ2) is 5.07. The first-order valence-electron chi connectivity index (χ1n) is 6.19. The average Bonchev–Trinajstić information content (AvgIpc) is 2.26. The van der Waals surface area contributed by atoms with Crippen molar-refractivity contribution in [2.45, 2.75) is 32.5 Å². The molecule has 0 atom stereocenters. The first-order valence-corrected chi connectivity index (χ1v) is 6.19. The highest BCUT2D eigenvalue weighted by molar-refractivity contribution is 5.50. The van der Waals surface area contributed by atoms with Gasteiger partial charge in [-0.25, -0.2) is 0 Å². The molecule has 0 aromatic heterocycles. The number of anilines is 1. The zero-order valence-electron chi connectivity index (χ0n) is 10.6. The molecule has 1 aliphatic carbocycles. The van der Waals surface area contributed by atoms with E-state index < -0.39 is 0 Å². The summed E-state index contributed by atoms with van der Waals surface area (Å²) in [5.41, 5.74) is 3.30. The van der Waals surface area contributed by atoms with Crippen LogP contribution in [0.25, 0.3) is 0 Å². The molecule has 94 valence electrons. The van der Waals surface area contributed by atoms with Crippen LogP contribution in [0.4, 0.5) is 5.69 Å². The van der Waals surface area contributed by atoms with E-state index in [1.165, 1.54) is 5.69 Å². The number of hydrogen-bond acceptors (Lipinski definition) is 3. The van der Waals surface area contributed by atoms with E-state index in [4.69, 9.17) is 5.11 Å². The molecule has 0 saturated heterocycles. The van der Waals surface area contributed by atoms with Gasteiger partial charge in [-0.3, -0.25) is 0 Å². The fourth-order valence-corrected chi connectivity index (χ4v) is 2.44. The summed E-state index contributed by atoms with van der Waals surface area (Å²) < 4.78 is 0. The molecule has 0 heterocycles. The van der Waals surface area contributed by atoms with Crippen molar-refractivity contribution < 1.29 is 10.2 Å². The van der Waals surface area contributed by atoms with Gasteiger partial charge in [0.1, 0.15) is 0 Å². The van der Waals surface area contributed by atoms with Crippen LogP contribution >= 0.6 is 0 Å². The smallest absolute Gasteiger partial charge is 0.0684 e. The molecule has 3 heteroatoms. The molecule has 1 fully saturated rings. The van der Waals surface area contributed by atoms with Gasteiger partial charge in [-0.1, -0.05) is 6.07 Å². The first-order chi connectivity index (χ1) is 8.10. The molecule has 1 aliphatic rings. The minimum absolute atomic E-state index is 0.0769. The van der Waals surface area contributed by atoms with Gasteiger partial charge in [-0.2, -0.15) is 0 Å². The summed E-state index contributed by atoms with van der Waals surface area (Å²) >= 11 is 0. The minimum atomic E-state index is -0.0769. The Morgan fingerprint density at radius 1 is 1.35 bits per heavy atom. The lowest BCUT2D eigenvalue weighted by Gasteiger charge is -2.35. The molecule has 17 heavy (non-hydrogen) atoms. The molecule has 0 radical (unpaired) electrons. The molecule has 1 aromatic carbocycles. The highest BCUT2D eigenvalue weighted by atomic mass is 16.3. The van der Waals surface area contributed by atoms with Gasteiger partial charge in [0.05, 0.1) is 12.7 Å². The van der Waals surface area contributed by atoms with E-state index in [1.807, 2.05) is 19.1 Å². The van der Waals surface area contributed by atoms with E-state index >= 15 is 0 Å². The Morgan fingerprint density at radius 3 is 2.59 bits per heavy atom. The van der Waals surface area contributed by atoms with Gasteiger partial charge in [0.25, 0.3) is 0 Å². The summed E-state index contributed by atoms with van der Waals surface area (Å²) in [4.78, 5) is 2.23. The number of aliphatic hydroxyl groups excluding tert-OH is 2. The minimum Gasteiger partial charge on any atom is -0.393 e. The van der Waals surface area contributed by atoms with Crippen molar-refractivity contribution >= 4 is 5.69 Å². The van der Waals surface area contributed by atoms with Crippen LogP contribution in [0.3, 0.4) is 0 Å². The topological polar surface area (TPSA) is 43.7 Å². The number of aliphatic hydroxyl groups is 2. The van der Waals surface area contributed by atoms with Crippen molar-refractivity contribution in [1.82, 2.24) is 0 Å². The van der Waals surface area contributed by atoms with E-state index in [0.29, 0.717) is 5.92 Å². The molecular weight excluding hydrogens is 214 g/mol. The Bertz CT molecular complexity index is 386. The molecule has 0 unspecified atom stereocenters. The molecule has 0 amide bonds. The summed E-state index contributed by atoms with van der Waals surface area (Å²) in [6, 6.07) is 6.14. The Labute approximate surface area is 103 Å². The number of hydrogen-bond donors (Lipinski definition) is 2. The molecule has 0 bridgehead atoms. The normalized spacial score (nSPS) is 23.3. The summed E-state index contributed by atoms with van der Waals surface area (Å²) in [6.45, 7) is 3.12. The third-order valence-corrected chi connectivity index (χ3v) is 3.68. The van der Waals surface area contributed by atoms with E-state index in [-0.39, 0.29) is 12.7 Å². The van der Waals surface area contributed by atoms with Gasteiger partial charge in [0, 0.05) is 19.3 Å². The average molecular weight is 235 g/mol. The highest BCUT2D eigenvalue weighted by Crippen LogP contribution is 2.29. The molecule has 0 aliphatic heterocycles. The van der Waals surface area contributed by atoms with Crippen molar-refractivity contribution in [1.29, 1.82) is 0 Å². The van der Waals surface area contributed by atoms with Gasteiger partial charge in [-0.15, -0.1) is 0 Å².